The van der Waals surface area contributed by atoms with Gasteiger partial charge in [-0.3, -0.25) is 4.98 Å². The molecule has 1 fully saturated rings. The van der Waals surface area contributed by atoms with Crippen molar-refractivity contribution in [2.24, 2.45) is 5.73 Å². The third-order valence-electron chi connectivity index (χ3n) is 2.42. The van der Waals surface area contributed by atoms with Crippen LogP contribution in [0.25, 0.3) is 0 Å². The maximum Gasteiger partial charge on any atom is 0.0794 e. The largest absolute Gasteiger partial charge is 0.321 e. The minimum Gasteiger partial charge on any atom is -0.321 e. The lowest BCUT2D eigenvalue weighted by Crippen LogP contribution is -2.31. The Balaban J connectivity index is 2.27. The van der Waals surface area contributed by atoms with Crippen molar-refractivity contribution in [3.8, 4) is 0 Å². The molecule has 1 aromatic heterocycles. The van der Waals surface area contributed by atoms with E-state index in [1.165, 1.54) is 17.7 Å². The van der Waals surface area contributed by atoms with Gasteiger partial charge in [-0.05, 0) is 12.8 Å². The van der Waals surface area contributed by atoms with E-state index in [1.54, 1.807) is 11.3 Å². The number of aromatic nitrogens is 1. The molecule has 2 rings (SSSR count). The minimum absolute atomic E-state index is 0.0266. The second kappa shape index (κ2) is 2.57. The van der Waals surface area contributed by atoms with Crippen LogP contribution in [0.3, 0.4) is 0 Å². The average molecular weight is 168 g/mol. The van der Waals surface area contributed by atoms with Crippen LogP contribution < -0.4 is 5.73 Å². The summed E-state index contributed by atoms with van der Waals surface area (Å²) in [7, 11) is 0. The average Bonchev–Trinajstić information content (AvgIpc) is 2.55. The molecule has 0 bridgehead atoms. The predicted molar refractivity (Wildman–Crippen MR) is 46.4 cm³/mol. The molecule has 0 unspecified atom stereocenters. The van der Waals surface area contributed by atoms with E-state index in [1.807, 2.05) is 11.7 Å². The predicted octanol–water partition coefficient (Wildman–Crippen LogP) is 1.87. The standard InChI is InChI=1S/C8H12N2S/c9-8(3-1-2-4-8)7-5-10-6-11-7/h5-6H,1-4,9H2. The molecule has 1 aliphatic rings. The zero-order valence-electron chi connectivity index (χ0n) is 6.42. The molecule has 0 aromatic carbocycles. The van der Waals surface area contributed by atoms with Crippen molar-refractivity contribution < 1.29 is 0 Å². The maximum atomic E-state index is 6.20. The number of rotatable bonds is 1. The first-order valence-corrected chi connectivity index (χ1v) is 4.87. The first-order chi connectivity index (χ1) is 5.31. The van der Waals surface area contributed by atoms with Gasteiger partial charge < -0.3 is 5.73 Å². The summed E-state index contributed by atoms with van der Waals surface area (Å²) in [6.45, 7) is 0. The molecule has 60 valence electrons. The summed E-state index contributed by atoms with van der Waals surface area (Å²) in [5.41, 5.74) is 8.03. The Hall–Kier alpha value is -0.410. The van der Waals surface area contributed by atoms with Crippen molar-refractivity contribution >= 4 is 11.3 Å². The van der Waals surface area contributed by atoms with E-state index >= 15 is 0 Å². The fraction of sp³-hybridized carbons (Fsp3) is 0.625. The van der Waals surface area contributed by atoms with Crippen LogP contribution in [0, 0.1) is 0 Å². The third-order valence-corrected chi connectivity index (χ3v) is 3.41. The highest BCUT2D eigenvalue weighted by molar-refractivity contribution is 7.09. The molecule has 0 amide bonds. The molecule has 2 N–H and O–H groups in total. The van der Waals surface area contributed by atoms with Gasteiger partial charge in [0, 0.05) is 11.1 Å². The van der Waals surface area contributed by atoms with E-state index in [0.29, 0.717) is 0 Å². The van der Waals surface area contributed by atoms with Gasteiger partial charge in [-0.15, -0.1) is 11.3 Å². The quantitative estimate of drug-likeness (QED) is 0.695. The molecule has 11 heavy (non-hydrogen) atoms. The second-order valence-corrected chi connectivity index (χ2v) is 4.12. The van der Waals surface area contributed by atoms with E-state index in [0.717, 1.165) is 12.8 Å². The Labute approximate surface area is 70.5 Å². The fourth-order valence-corrected chi connectivity index (χ4v) is 2.51. The molecule has 1 heterocycles. The number of thiazole rings is 1. The van der Waals surface area contributed by atoms with Gasteiger partial charge in [-0.25, -0.2) is 0 Å². The lowest BCUT2D eigenvalue weighted by atomic mass is 9.98. The van der Waals surface area contributed by atoms with Crippen LogP contribution in [0.5, 0.6) is 0 Å². The molecule has 1 saturated carbocycles. The minimum atomic E-state index is -0.0266. The van der Waals surface area contributed by atoms with Gasteiger partial charge in [0.15, 0.2) is 0 Å². The van der Waals surface area contributed by atoms with Crippen LogP contribution in [0.2, 0.25) is 0 Å². The highest BCUT2D eigenvalue weighted by Gasteiger charge is 2.32. The SMILES string of the molecule is NC1(c2cncs2)CCCC1. The van der Waals surface area contributed by atoms with Gasteiger partial charge in [-0.1, -0.05) is 12.8 Å². The van der Waals surface area contributed by atoms with Gasteiger partial charge in [0.05, 0.1) is 11.0 Å². The highest BCUT2D eigenvalue weighted by Crippen LogP contribution is 2.37. The van der Waals surface area contributed by atoms with Gasteiger partial charge >= 0.3 is 0 Å². The summed E-state index contributed by atoms with van der Waals surface area (Å²) in [5.74, 6) is 0. The summed E-state index contributed by atoms with van der Waals surface area (Å²) < 4.78 is 0. The molecule has 0 saturated heterocycles. The topological polar surface area (TPSA) is 38.9 Å². The highest BCUT2D eigenvalue weighted by atomic mass is 32.1. The number of hydrogen-bond donors (Lipinski definition) is 1. The lowest BCUT2D eigenvalue weighted by Gasteiger charge is -2.20. The number of nitrogens with two attached hydrogens (primary N) is 1. The van der Waals surface area contributed by atoms with Crippen LogP contribution >= 0.6 is 11.3 Å². The third kappa shape index (κ3) is 1.19. The molecule has 2 nitrogen and oxygen atoms in total. The summed E-state index contributed by atoms with van der Waals surface area (Å²) in [6, 6.07) is 0. The maximum absolute atomic E-state index is 6.20. The van der Waals surface area contributed by atoms with Gasteiger partial charge in [0.1, 0.15) is 0 Å². The van der Waals surface area contributed by atoms with Crippen LogP contribution in [-0.2, 0) is 5.54 Å². The van der Waals surface area contributed by atoms with E-state index in [-0.39, 0.29) is 5.54 Å². The molecular weight excluding hydrogens is 156 g/mol. The lowest BCUT2D eigenvalue weighted by molar-refractivity contribution is 0.471. The van der Waals surface area contributed by atoms with Crippen molar-refractivity contribution in [1.29, 1.82) is 0 Å². The summed E-state index contributed by atoms with van der Waals surface area (Å²) in [6.07, 6.45) is 6.73. The molecular formula is C8H12N2S. The van der Waals surface area contributed by atoms with Crippen LogP contribution in [0.1, 0.15) is 30.6 Å². The Bertz CT molecular complexity index is 224. The Morgan fingerprint density at radius 3 is 2.73 bits per heavy atom. The van der Waals surface area contributed by atoms with Crippen molar-refractivity contribution in [2.75, 3.05) is 0 Å². The van der Waals surface area contributed by atoms with Gasteiger partial charge in [0.25, 0.3) is 0 Å². The zero-order valence-corrected chi connectivity index (χ0v) is 7.23. The molecule has 0 atom stereocenters. The number of hydrogen-bond acceptors (Lipinski definition) is 3. The smallest absolute Gasteiger partial charge is 0.0794 e. The van der Waals surface area contributed by atoms with Crippen molar-refractivity contribution in [1.82, 2.24) is 4.98 Å². The molecule has 1 aromatic rings. The van der Waals surface area contributed by atoms with Gasteiger partial charge in [0.2, 0.25) is 0 Å². The second-order valence-electron chi connectivity index (χ2n) is 3.23. The van der Waals surface area contributed by atoms with Gasteiger partial charge in [-0.2, -0.15) is 0 Å². The Kier molecular flexibility index (Phi) is 1.69. The molecule has 0 radical (unpaired) electrons. The van der Waals surface area contributed by atoms with Crippen LogP contribution in [0.4, 0.5) is 0 Å². The number of nitrogens with zero attached hydrogens (tertiary/aromatic N) is 1. The first kappa shape index (κ1) is 7.25. The molecule has 1 aliphatic carbocycles. The first-order valence-electron chi connectivity index (χ1n) is 3.99. The van der Waals surface area contributed by atoms with Crippen molar-refractivity contribution in [3.63, 3.8) is 0 Å². The normalized spacial score (nSPS) is 22.3. The molecule has 0 spiro atoms. The summed E-state index contributed by atoms with van der Waals surface area (Å²) >= 11 is 1.68. The summed E-state index contributed by atoms with van der Waals surface area (Å²) in [4.78, 5) is 5.31. The van der Waals surface area contributed by atoms with E-state index in [4.69, 9.17) is 5.73 Å². The van der Waals surface area contributed by atoms with E-state index in [2.05, 4.69) is 4.98 Å². The zero-order chi connectivity index (χ0) is 7.73. The van der Waals surface area contributed by atoms with Crippen molar-refractivity contribution in [3.05, 3.63) is 16.6 Å². The molecule has 0 aliphatic heterocycles. The fourth-order valence-electron chi connectivity index (χ4n) is 1.71. The molecule has 3 heteroatoms. The van der Waals surface area contributed by atoms with E-state index < -0.39 is 0 Å². The monoisotopic (exact) mass is 168 g/mol. The Morgan fingerprint density at radius 2 is 2.18 bits per heavy atom. The van der Waals surface area contributed by atoms with Crippen molar-refractivity contribution in [2.45, 2.75) is 31.2 Å². The van der Waals surface area contributed by atoms with E-state index in [9.17, 15) is 0 Å². The Morgan fingerprint density at radius 1 is 1.45 bits per heavy atom. The summed E-state index contributed by atoms with van der Waals surface area (Å²) in [5, 5.41) is 0. The van der Waals surface area contributed by atoms with Crippen LogP contribution in [0.15, 0.2) is 11.7 Å². The van der Waals surface area contributed by atoms with Crippen LogP contribution in [-0.4, -0.2) is 4.98 Å².